The van der Waals surface area contributed by atoms with Crippen LogP contribution in [-0.2, 0) is 14.4 Å². The van der Waals surface area contributed by atoms with E-state index in [1.54, 1.807) is 20.8 Å². The second-order valence-corrected chi connectivity index (χ2v) is 12.9. The van der Waals surface area contributed by atoms with E-state index in [1.165, 1.54) is 11.8 Å². The minimum atomic E-state index is -0.940. The van der Waals surface area contributed by atoms with Gasteiger partial charge in [-0.2, -0.15) is 0 Å². The normalized spacial score (nSPS) is 28.5. The van der Waals surface area contributed by atoms with Gasteiger partial charge in [0, 0.05) is 37.2 Å². The Morgan fingerprint density at radius 2 is 1.79 bits per heavy atom. The van der Waals surface area contributed by atoms with Gasteiger partial charge in [0.2, 0.25) is 11.8 Å². The quantitative estimate of drug-likeness (QED) is 0.474. The summed E-state index contributed by atoms with van der Waals surface area (Å²) < 4.78 is 4.64. The number of ether oxygens (including phenoxy) is 1. The molecule has 4 aliphatic heterocycles. The van der Waals surface area contributed by atoms with Crippen LogP contribution in [0.4, 0.5) is 11.4 Å². The Morgan fingerprint density at radius 1 is 1.02 bits per heavy atom. The van der Waals surface area contributed by atoms with Crippen molar-refractivity contribution in [2.45, 2.75) is 36.3 Å². The summed E-state index contributed by atoms with van der Waals surface area (Å²) >= 11 is 8.15. The van der Waals surface area contributed by atoms with Crippen molar-refractivity contribution in [1.82, 2.24) is 4.90 Å². The molecule has 4 heterocycles. The van der Waals surface area contributed by atoms with Crippen molar-refractivity contribution >= 4 is 52.5 Å². The Balaban J connectivity index is 1.41. The Hall–Kier alpha value is -3.27. The summed E-state index contributed by atoms with van der Waals surface area (Å²) in [5, 5.41) is 9.86. The van der Waals surface area contributed by atoms with E-state index in [9.17, 15) is 19.5 Å². The number of rotatable bonds is 7. The van der Waals surface area contributed by atoms with Gasteiger partial charge < -0.3 is 24.5 Å². The van der Waals surface area contributed by atoms with Gasteiger partial charge in [-0.1, -0.05) is 48.0 Å². The van der Waals surface area contributed by atoms with Crippen molar-refractivity contribution in [3.8, 4) is 5.75 Å². The zero-order valence-electron chi connectivity index (χ0n) is 23.6. The van der Waals surface area contributed by atoms with Gasteiger partial charge in [-0.15, -0.1) is 11.8 Å². The van der Waals surface area contributed by atoms with Crippen LogP contribution in [0.5, 0.6) is 5.75 Å². The first-order valence-corrected chi connectivity index (χ1v) is 15.6. The SMILES string of the molecule is CCOc1ccc(N2CC=C[C@H]3S[C@]45C=CCN(c6c(C)cccc6Cl)C(=O)C4N(CCCO)C(=O)[C@@H]5[C@H]3C2=O)cc1. The number of fused-ring (bicyclic) bond motifs is 2. The molecule has 6 rings (SSSR count). The number of aliphatic hydroxyl groups is 1. The highest BCUT2D eigenvalue weighted by Gasteiger charge is 2.71. The molecule has 0 saturated carbocycles. The van der Waals surface area contributed by atoms with Gasteiger partial charge in [0.1, 0.15) is 11.8 Å². The Labute approximate surface area is 254 Å². The van der Waals surface area contributed by atoms with Crippen LogP contribution in [0.15, 0.2) is 66.8 Å². The lowest BCUT2D eigenvalue weighted by atomic mass is 9.78. The van der Waals surface area contributed by atoms with Crippen LogP contribution in [-0.4, -0.2) is 76.6 Å². The van der Waals surface area contributed by atoms with Gasteiger partial charge in [-0.05, 0) is 56.2 Å². The Bertz CT molecular complexity index is 1440. The van der Waals surface area contributed by atoms with Crippen LogP contribution in [0, 0.1) is 18.8 Å². The van der Waals surface area contributed by atoms with Crippen molar-refractivity contribution in [1.29, 1.82) is 0 Å². The van der Waals surface area contributed by atoms with Gasteiger partial charge in [-0.25, -0.2) is 0 Å². The molecular weight excluding hydrogens is 574 g/mol. The number of halogens is 1. The third kappa shape index (κ3) is 4.53. The van der Waals surface area contributed by atoms with Crippen LogP contribution >= 0.6 is 23.4 Å². The first kappa shape index (κ1) is 28.8. The van der Waals surface area contributed by atoms with Gasteiger partial charge in [0.15, 0.2) is 0 Å². The van der Waals surface area contributed by atoms with Gasteiger partial charge in [0.25, 0.3) is 5.91 Å². The molecule has 1 N–H and O–H groups in total. The molecule has 1 spiro atoms. The Kier molecular flexibility index (Phi) is 7.85. The molecule has 0 bridgehead atoms. The van der Waals surface area contributed by atoms with E-state index < -0.39 is 22.6 Å². The fourth-order valence-electron chi connectivity index (χ4n) is 6.90. The van der Waals surface area contributed by atoms with Crippen LogP contribution in [0.2, 0.25) is 5.02 Å². The summed E-state index contributed by atoms with van der Waals surface area (Å²) in [5.74, 6) is -1.25. The summed E-state index contributed by atoms with van der Waals surface area (Å²) in [7, 11) is 0. The number of carbonyl (C=O) groups excluding carboxylic acids is 3. The molecule has 10 heteroatoms. The number of amides is 3. The lowest BCUT2D eigenvalue weighted by Gasteiger charge is -2.35. The zero-order valence-corrected chi connectivity index (χ0v) is 25.2. The number of nitrogens with zero attached hydrogens (tertiary/aromatic N) is 3. The highest BCUT2D eigenvalue weighted by Crippen LogP contribution is 2.61. The standard InChI is InChI=1S/C32H34ClN3O5S/c1-3-41-22-13-11-21(12-14-22)34-16-5-10-24-25(29(34)38)26-30(39)36(18-7-19-37)28-31(40)35(17-6-15-32(26,28)42-24)27-20(2)8-4-9-23(27)33/h4-6,8-15,24-26,28,37H,3,7,16-19H2,1-2H3/t24-,25+,26+,28?,32+/m1/s1. The van der Waals surface area contributed by atoms with Crippen molar-refractivity contribution in [2.24, 2.45) is 11.8 Å². The third-order valence-electron chi connectivity index (χ3n) is 8.63. The Morgan fingerprint density at radius 3 is 2.50 bits per heavy atom. The van der Waals surface area contributed by atoms with Crippen molar-refractivity contribution in [3.05, 3.63) is 77.4 Å². The first-order valence-electron chi connectivity index (χ1n) is 14.4. The molecule has 2 aromatic carbocycles. The summed E-state index contributed by atoms with van der Waals surface area (Å²) in [5.41, 5.74) is 2.21. The average Bonchev–Trinajstić information content (AvgIpc) is 3.28. The molecule has 4 aliphatic rings. The number of hydrogen-bond acceptors (Lipinski definition) is 6. The molecule has 3 amide bonds. The predicted molar refractivity (Wildman–Crippen MR) is 165 cm³/mol. The number of hydrogen-bond donors (Lipinski definition) is 1. The van der Waals surface area contributed by atoms with Crippen LogP contribution in [0.1, 0.15) is 18.9 Å². The maximum atomic E-state index is 14.5. The maximum Gasteiger partial charge on any atom is 0.251 e. The largest absolute Gasteiger partial charge is 0.494 e. The summed E-state index contributed by atoms with van der Waals surface area (Å²) in [6.45, 7) is 5.17. The molecule has 2 saturated heterocycles. The predicted octanol–water partition coefficient (Wildman–Crippen LogP) is 4.23. The van der Waals surface area contributed by atoms with E-state index in [-0.39, 0.29) is 36.1 Å². The summed E-state index contributed by atoms with van der Waals surface area (Å²) in [6, 6.07) is 12.1. The molecule has 2 fully saturated rings. The van der Waals surface area contributed by atoms with Crippen LogP contribution in [0.25, 0.3) is 0 Å². The number of thioether (sulfide) groups is 1. The van der Waals surface area contributed by atoms with E-state index in [0.717, 1.165) is 17.0 Å². The molecule has 1 unspecified atom stereocenters. The molecule has 220 valence electrons. The number of likely N-dealkylation sites (tertiary alicyclic amines) is 1. The summed E-state index contributed by atoms with van der Waals surface area (Å²) in [4.78, 5) is 48.2. The average molecular weight is 608 g/mol. The number of anilines is 2. The molecule has 2 aromatic rings. The highest BCUT2D eigenvalue weighted by atomic mass is 35.5. The van der Waals surface area contributed by atoms with E-state index in [4.69, 9.17) is 16.3 Å². The van der Waals surface area contributed by atoms with E-state index in [2.05, 4.69) is 0 Å². The van der Waals surface area contributed by atoms with Crippen molar-refractivity contribution in [2.75, 3.05) is 42.6 Å². The fourth-order valence-corrected chi connectivity index (χ4v) is 9.24. The number of benzene rings is 2. The first-order chi connectivity index (χ1) is 20.3. The lowest BCUT2D eigenvalue weighted by Crippen LogP contribution is -2.53. The molecule has 42 heavy (non-hydrogen) atoms. The van der Waals surface area contributed by atoms with E-state index >= 15 is 0 Å². The number of para-hydroxylation sites is 1. The molecule has 8 nitrogen and oxygen atoms in total. The van der Waals surface area contributed by atoms with Crippen LogP contribution < -0.4 is 14.5 Å². The van der Waals surface area contributed by atoms with Crippen molar-refractivity contribution in [3.63, 3.8) is 0 Å². The van der Waals surface area contributed by atoms with Crippen LogP contribution in [0.3, 0.4) is 0 Å². The van der Waals surface area contributed by atoms with Gasteiger partial charge in [-0.3, -0.25) is 14.4 Å². The smallest absolute Gasteiger partial charge is 0.251 e. The molecule has 0 radical (unpaired) electrons. The van der Waals surface area contributed by atoms with Gasteiger partial charge in [0.05, 0.1) is 33.9 Å². The maximum absolute atomic E-state index is 14.5. The minimum absolute atomic E-state index is 0.113. The topological polar surface area (TPSA) is 90.4 Å². The molecule has 5 atom stereocenters. The summed E-state index contributed by atoms with van der Waals surface area (Å²) in [6.07, 6.45) is 8.26. The third-order valence-corrected chi connectivity index (χ3v) is 10.7. The molecule has 0 aliphatic carbocycles. The number of carbonyl (C=O) groups is 3. The highest BCUT2D eigenvalue weighted by molar-refractivity contribution is 8.02. The minimum Gasteiger partial charge on any atom is -0.494 e. The van der Waals surface area contributed by atoms with E-state index in [1.807, 2.05) is 74.5 Å². The molecular formula is C32H34ClN3O5S. The second kappa shape index (κ2) is 11.4. The monoisotopic (exact) mass is 607 g/mol. The van der Waals surface area contributed by atoms with Gasteiger partial charge >= 0.3 is 0 Å². The van der Waals surface area contributed by atoms with Crippen molar-refractivity contribution < 1.29 is 24.2 Å². The fraction of sp³-hybridized carbons (Fsp3) is 0.406. The molecule has 0 aromatic heterocycles. The zero-order chi connectivity index (χ0) is 29.6. The number of aryl methyl sites for hydroxylation is 1. The van der Waals surface area contributed by atoms with E-state index in [0.29, 0.717) is 36.8 Å². The second-order valence-electron chi connectivity index (χ2n) is 11.0. The lowest BCUT2D eigenvalue weighted by molar-refractivity contribution is -0.138. The number of aliphatic hydroxyl groups excluding tert-OH is 1.